The van der Waals surface area contributed by atoms with Crippen molar-refractivity contribution in [3.8, 4) is 0 Å². The van der Waals surface area contributed by atoms with E-state index in [-0.39, 0.29) is 17.9 Å². The lowest BCUT2D eigenvalue weighted by Crippen LogP contribution is -2.44. The molecule has 0 aromatic carbocycles. The van der Waals surface area contributed by atoms with Crippen LogP contribution in [0.4, 0.5) is 4.79 Å². The molecule has 0 bridgehead atoms. The molecular weight excluding hydrogens is 290 g/mol. The zero-order valence-electron chi connectivity index (χ0n) is 11.9. The predicted octanol–water partition coefficient (Wildman–Crippen LogP) is 2.37. The summed E-state index contributed by atoms with van der Waals surface area (Å²) < 4.78 is 0. The van der Waals surface area contributed by atoms with E-state index in [0.29, 0.717) is 13.1 Å². The van der Waals surface area contributed by atoms with Crippen LogP contribution in [0.2, 0.25) is 0 Å². The minimum atomic E-state index is -0.790. The Kier molecular flexibility index (Phi) is 5.55. The summed E-state index contributed by atoms with van der Waals surface area (Å²) in [7, 11) is 0. The van der Waals surface area contributed by atoms with E-state index in [1.165, 1.54) is 11.3 Å². The maximum Gasteiger partial charge on any atom is 0.315 e. The van der Waals surface area contributed by atoms with Crippen LogP contribution < -0.4 is 10.6 Å². The number of carbonyl (C=O) groups is 2. The Labute approximate surface area is 128 Å². The highest BCUT2D eigenvalue weighted by Crippen LogP contribution is 2.38. The molecule has 0 unspecified atom stereocenters. The van der Waals surface area contributed by atoms with Crippen molar-refractivity contribution in [2.24, 2.45) is 5.41 Å². The Bertz CT molecular complexity index is 470. The number of aromatic nitrogens is 1. The van der Waals surface area contributed by atoms with Crippen LogP contribution in [0.3, 0.4) is 0 Å². The highest BCUT2D eigenvalue weighted by atomic mass is 32.1. The second-order valence-corrected chi connectivity index (χ2v) is 6.37. The molecule has 116 valence electrons. The SMILES string of the molecule is O=C(O)CC1(CNC(=O)NCc2cscn2)CCCCC1. The van der Waals surface area contributed by atoms with Crippen molar-refractivity contribution in [2.75, 3.05) is 6.54 Å². The summed E-state index contributed by atoms with van der Waals surface area (Å²) in [5, 5.41) is 16.5. The number of carboxylic acids is 1. The molecule has 1 fully saturated rings. The third-order valence-corrected chi connectivity index (χ3v) is 4.61. The van der Waals surface area contributed by atoms with Crippen LogP contribution in [-0.2, 0) is 11.3 Å². The van der Waals surface area contributed by atoms with E-state index in [4.69, 9.17) is 5.11 Å². The van der Waals surface area contributed by atoms with Crippen molar-refractivity contribution in [2.45, 2.75) is 45.1 Å². The van der Waals surface area contributed by atoms with Gasteiger partial charge in [-0.05, 0) is 18.3 Å². The Hall–Kier alpha value is -1.63. The third kappa shape index (κ3) is 5.00. The maximum absolute atomic E-state index is 11.8. The summed E-state index contributed by atoms with van der Waals surface area (Å²) in [5.74, 6) is -0.790. The van der Waals surface area contributed by atoms with Crippen molar-refractivity contribution in [3.05, 3.63) is 16.6 Å². The number of aliphatic carboxylic acids is 1. The van der Waals surface area contributed by atoms with Crippen molar-refractivity contribution in [1.82, 2.24) is 15.6 Å². The van der Waals surface area contributed by atoms with E-state index in [9.17, 15) is 9.59 Å². The molecule has 1 aliphatic rings. The Morgan fingerprint density at radius 3 is 2.67 bits per heavy atom. The van der Waals surface area contributed by atoms with Crippen LogP contribution in [0.15, 0.2) is 10.9 Å². The number of nitrogens with one attached hydrogen (secondary N) is 2. The van der Waals surface area contributed by atoms with Gasteiger partial charge in [0, 0.05) is 11.9 Å². The van der Waals surface area contributed by atoms with Crippen LogP contribution >= 0.6 is 11.3 Å². The van der Waals surface area contributed by atoms with Crippen LogP contribution in [0.5, 0.6) is 0 Å². The molecule has 0 spiro atoms. The van der Waals surface area contributed by atoms with Gasteiger partial charge in [0.05, 0.1) is 24.2 Å². The van der Waals surface area contributed by atoms with E-state index < -0.39 is 5.97 Å². The average molecular weight is 311 g/mol. The van der Waals surface area contributed by atoms with Gasteiger partial charge in [-0.2, -0.15) is 0 Å². The number of carbonyl (C=O) groups excluding carboxylic acids is 1. The molecule has 0 atom stereocenters. The normalized spacial score (nSPS) is 17.1. The minimum Gasteiger partial charge on any atom is -0.481 e. The predicted molar refractivity (Wildman–Crippen MR) is 80.1 cm³/mol. The van der Waals surface area contributed by atoms with Gasteiger partial charge in [0.2, 0.25) is 0 Å². The zero-order valence-corrected chi connectivity index (χ0v) is 12.7. The molecular formula is C14H21N3O3S. The van der Waals surface area contributed by atoms with E-state index in [1.807, 2.05) is 5.38 Å². The summed E-state index contributed by atoms with van der Waals surface area (Å²) in [6.07, 6.45) is 5.08. The number of amides is 2. The van der Waals surface area contributed by atoms with E-state index in [0.717, 1.165) is 37.8 Å². The quantitative estimate of drug-likeness (QED) is 0.752. The highest BCUT2D eigenvalue weighted by molar-refractivity contribution is 7.07. The third-order valence-electron chi connectivity index (χ3n) is 3.98. The van der Waals surface area contributed by atoms with Crippen molar-refractivity contribution < 1.29 is 14.7 Å². The van der Waals surface area contributed by atoms with E-state index in [1.54, 1.807) is 5.51 Å². The molecule has 2 amide bonds. The summed E-state index contributed by atoms with van der Waals surface area (Å²) in [5.41, 5.74) is 2.26. The molecule has 2 rings (SSSR count). The van der Waals surface area contributed by atoms with Gasteiger partial charge >= 0.3 is 12.0 Å². The number of nitrogens with zero attached hydrogens (tertiary/aromatic N) is 1. The fraction of sp³-hybridized carbons (Fsp3) is 0.643. The minimum absolute atomic E-state index is 0.124. The Morgan fingerprint density at radius 1 is 1.29 bits per heavy atom. The lowest BCUT2D eigenvalue weighted by Gasteiger charge is -2.36. The molecule has 1 saturated carbocycles. The molecule has 1 aliphatic carbocycles. The average Bonchev–Trinajstić information content (AvgIpc) is 2.96. The molecule has 0 saturated heterocycles. The fourth-order valence-electron chi connectivity index (χ4n) is 2.86. The largest absolute Gasteiger partial charge is 0.481 e. The molecule has 1 heterocycles. The number of carboxylic acid groups (broad SMARTS) is 1. The second kappa shape index (κ2) is 7.40. The van der Waals surface area contributed by atoms with Gasteiger partial charge in [0.1, 0.15) is 0 Å². The summed E-state index contributed by atoms with van der Waals surface area (Å²) >= 11 is 1.49. The first kappa shape index (κ1) is 15.8. The molecule has 7 heteroatoms. The van der Waals surface area contributed by atoms with Gasteiger partial charge < -0.3 is 15.7 Å². The number of urea groups is 1. The second-order valence-electron chi connectivity index (χ2n) is 5.65. The number of rotatable bonds is 6. The number of hydrogen-bond donors (Lipinski definition) is 3. The maximum atomic E-state index is 11.8. The molecule has 1 aromatic heterocycles. The van der Waals surface area contributed by atoms with Gasteiger partial charge in [0.15, 0.2) is 0 Å². The smallest absolute Gasteiger partial charge is 0.315 e. The number of thiazole rings is 1. The highest BCUT2D eigenvalue weighted by Gasteiger charge is 2.34. The Balaban J connectivity index is 1.80. The summed E-state index contributed by atoms with van der Waals surface area (Å²) in [4.78, 5) is 27.0. The van der Waals surface area contributed by atoms with Crippen LogP contribution in [-0.4, -0.2) is 28.6 Å². The van der Waals surface area contributed by atoms with Gasteiger partial charge in [-0.25, -0.2) is 9.78 Å². The first-order chi connectivity index (χ1) is 10.1. The first-order valence-electron chi connectivity index (χ1n) is 7.20. The first-order valence-corrected chi connectivity index (χ1v) is 8.14. The fourth-order valence-corrected chi connectivity index (χ4v) is 3.42. The summed E-state index contributed by atoms with van der Waals surface area (Å²) in [6.45, 7) is 0.809. The topological polar surface area (TPSA) is 91.3 Å². The van der Waals surface area contributed by atoms with Crippen molar-refractivity contribution in [1.29, 1.82) is 0 Å². The molecule has 1 aromatic rings. The lowest BCUT2D eigenvalue weighted by atomic mass is 9.72. The monoisotopic (exact) mass is 311 g/mol. The molecule has 0 aliphatic heterocycles. The van der Waals surface area contributed by atoms with Gasteiger partial charge in [-0.15, -0.1) is 11.3 Å². The van der Waals surface area contributed by atoms with Crippen molar-refractivity contribution >= 4 is 23.3 Å². The zero-order chi connectivity index (χ0) is 15.1. The van der Waals surface area contributed by atoms with E-state index >= 15 is 0 Å². The molecule has 3 N–H and O–H groups in total. The van der Waals surface area contributed by atoms with Crippen LogP contribution in [0.1, 0.15) is 44.2 Å². The number of hydrogen-bond acceptors (Lipinski definition) is 4. The van der Waals surface area contributed by atoms with Crippen LogP contribution in [0.25, 0.3) is 0 Å². The molecule has 0 radical (unpaired) electrons. The molecule has 6 nitrogen and oxygen atoms in total. The summed E-state index contributed by atoms with van der Waals surface area (Å²) in [6, 6.07) is -0.265. The lowest BCUT2D eigenvalue weighted by molar-refractivity contribution is -0.140. The molecule has 21 heavy (non-hydrogen) atoms. The Morgan fingerprint density at radius 2 is 2.05 bits per heavy atom. The van der Waals surface area contributed by atoms with Crippen LogP contribution in [0, 0.1) is 5.41 Å². The van der Waals surface area contributed by atoms with Gasteiger partial charge in [-0.3, -0.25) is 4.79 Å². The van der Waals surface area contributed by atoms with Gasteiger partial charge in [-0.1, -0.05) is 19.3 Å². The van der Waals surface area contributed by atoms with Gasteiger partial charge in [0.25, 0.3) is 0 Å². The standard InChI is InChI=1S/C14H21N3O3S/c18-12(19)6-14(4-2-1-3-5-14)9-16-13(20)15-7-11-8-21-10-17-11/h8,10H,1-7,9H2,(H,18,19)(H2,15,16,20). The van der Waals surface area contributed by atoms with Crippen molar-refractivity contribution in [3.63, 3.8) is 0 Å². The van der Waals surface area contributed by atoms with E-state index in [2.05, 4.69) is 15.6 Å².